The molecule has 108 valence electrons. The minimum atomic E-state index is 0.105. The Morgan fingerprint density at radius 2 is 2.14 bits per heavy atom. The van der Waals surface area contributed by atoms with Gasteiger partial charge in [0, 0.05) is 30.1 Å². The summed E-state index contributed by atoms with van der Waals surface area (Å²) < 4.78 is 5.17. The molecule has 2 aromatic rings. The van der Waals surface area contributed by atoms with Crippen molar-refractivity contribution in [1.29, 1.82) is 0 Å². The van der Waals surface area contributed by atoms with Crippen LogP contribution in [-0.2, 0) is 0 Å². The van der Waals surface area contributed by atoms with Gasteiger partial charge >= 0.3 is 0 Å². The van der Waals surface area contributed by atoms with E-state index in [1.807, 2.05) is 18.2 Å². The molecule has 0 saturated heterocycles. The van der Waals surface area contributed by atoms with Crippen molar-refractivity contribution in [1.82, 2.24) is 0 Å². The van der Waals surface area contributed by atoms with Crippen LogP contribution in [0.5, 0.6) is 5.75 Å². The van der Waals surface area contributed by atoms with Crippen molar-refractivity contribution in [3.63, 3.8) is 0 Å². The number of anilines is 1. The van der Waals surface area contributed by atoms with Crippen LogP contribution in [0.1, 0.15) is 28.3 Å². The van der Waals surface area contributed by atoms with Crippen LogP contribution in [0, 0.1) is 0 Å². The second-order valence-corrected chi connectivity index (χ2v) is 5.55. The second-order valence-electron chi connectivity index (χ2n) is 5.14. The Bertz CT molecular complexity index is 684. The van der Waals surface area contributed by atoms with Crippen molar-refractivity contribution < 1.29 is 9.53 Å². The van der Waals surface area contributed by atoms with Crippen LogP contribution in [0.25, 0.3) is 0 Å². The Morgan fingerprint density at radius 1 is 1.33 bits per heavy atom. The molecule has 2 aromatic carbocycles. The normalized spacial score (nSPS) is 16.2. The highest BCUT2D eigenvalue weighted by Crippen LogP contribution is 2.34. The van der Waals surface area contributed by atoms with Gasteiger partial charge in [-0.15, -0.1) is 0 Å². The van der Waals surface area contributed by atoms with E-state index in [9.17, 15) is 4.79 Å². The fourth-order valence-corrected chi connectivity index (χ4v) is 2.91. The lowest BCUT2D eigenvalue weighted by Crippen LogP contribution is -2.09. The second kappa shape index (κ2) is 5.78. The summed E-state index contributed by atoms with van der Waals surface area (Å²) in [6.45, 7) is 0.801. The molecular weight excluding hydrogens is 286 g/mol. The maximum atomic E-state index is 12.5. The highest BCUT2D eigenvalue weighted by molar-refractivity contribution is 6.32. The number of carbonyl (C=O) groups excluding carboxylic acids is 1. The Morgan fingerprint density at radius 3 is 2.95 bits per heavy atom. The summed E-state index contributed by atoms with van der Waals surface area (Å²) in [4.78, 5) is 12.5. The summed E-state index contributed by atoms with van der Waals surface area (Å²) in [6, 6.07) is 13.3. The summed E-state index contributed by atoms with van der Waals surface area (Å²) in [6.07, 6.45) is 0.481. The molecular formula is C17H16ClNO2. The molecule has 1 aliphatic rings. The molecule has 0 radical (unpaired) electrons. The van der Waals surface area contributed by atoms with Gasteiger partial charge in [-0.1, -0.05) is 29.8 Å². The van der Waals surface area contributed by atoms with Gasteiger partial charge in [0.1, 0.15) is 5.75 Å². The molecule has 0 saturated carbocycles. The highest BCUT2D eigenvalue weighted by Gasteiger charge is 2.24. The number of ketones is 1. The smallest absolute Gasteiger partial charge is 0.163 e. The number of methoxy groups -OCH3 is 1. The zero-order valence-electron chi connectivity index (χ0n) is 11.7. The number of Topliss-reactive ketones (excluding diaryl/α,β-unsaturated/α-hetero) is 1. The van der Waals surface area contributed by atoms with E-state index in [0.29, 0.717) is 22.8 Å². The van der Waals surface area contributed by atoms with E-state index >= 15 is 0 Å². The van der Waals surface area contributed by atoms with Gasteiger partial charge in [0.2, 0.25) is 0 Å². The van der Waals surface area contributed by atoms with E-state index in [4.69, 9.17) is 16.3 Å². The molecule has 1 N–H and O–H groups in total. The molecule has 0 aliphatic carbocycles. The molecule has 3 rings (SSSR count). The number of benzene rings is 2. The summed E-state index contributed by atoms with van der Waals surface area (Å²) in [5.74, 6) is 0.858. The third-order valence-corrected chi connectivity index (χ3v) is 4.16. The van der Waals surface area contributed by atoms with Crippen LogP contribution < -0.4 is 10.1 Å². The number of carbonyl (C=O) groups is 1. The minimum absolute atomic E-state index is 0.105. The number of nitrogens with one attached hydrogen (secondary N) is 1. The van der Waals surface area contributed by atoms with Crippen LogP contribution in [0.3, 0.4) is 0 Å². The first kappa shape index (κ1) is 14.0. The van der Waals surface area contributed by atoms with E-state index in [1.54, 1.807) is 25.3 Å². The van der Waals surface area contributed by atoms with Gasteiger partial charge in [-0.3, -0.25) is 4.79 Å². The molecule has 3 nitrogen and oxygen atoms in total. The number of fused-ring (bicyclic) bond motifs is 1. The predicted molar refractivity (Wildman–Crippen MR) is 84.6 cm³/mol. The van der Waals surface area contributed by atoms with Gasteiger partial charge in [-0.2, -0.15) is 0 Å². The lowest BCUT2D eigenvalue weighted by atomic mass is 9.93. The summed E-state index contributed by atoms with van der Waals surface area (Å²) in [5, 5.41) is 3.86. The zero-order chi connectivity index (χ0) is 14.8. The van der Waals surface area contributed by atoms with Gasteiger partial charge in [0.25, 0.3) is 0 Å². The van der Waals surface area contributed by atoms with Crippen LogP contribution in [0.2, 0.25) is 5.02 Å². The van der Waals surface area contributed by atoms with Crippen molar-refractivity contribution in [3.05, 3.63) is 58.6 Å². The molecule has 0 spiro atoms. The Labute approximate surface area is 128 Å². The third-order valence-electron chi connectivity index (χ3n) is 3.84. The molecule has 0 amide bonds. The SMILES string of the molecule is COc1cc(C(=O)CC2CNc3ccccc32)ccc1Cl. The van der Waals surface area contributed by atoms with E-state index < -0.39 is 0 Å². The standard InChI is InChI=1S/C17H16ClNO2/c1-21-17-9-11(6-7-14(17)18)16(20)8-12-10-19-15-5-3-2-4-13(12)15/h2-7,9,12,19H,8,10H2,1H3. The first-order chi connectivity index (χ1) is 10.2. The van der Waals surface area contributed by atoms with Crippen molar-refractivity contribution in [2.45, 2.75) is 12.3 Å². The molecule has 1 atom stereocenters. The Kier molecular flexibility index (Phi) is 3.84. The fourth-order valence-electron chi connectivity index (χ4n) is 2.71. The molecule has 0 aromatic heterocycles. The van der Waals surface area contributed by atoms with Gasteiger partial charge in [0.05, 0.1) is 12.1 Å². The molecule has 21 heavy (non-hydrogen) atoms. The topological polar surface area (TPSA) is 38.3 Å². The van der Waals surface area contributed by atoms with Crippen molar-refractivity contribution >= 4 is 23.1 Å². The maximum absolute atomic E-state index is 12.5. The van der Waals surface area contributed by atoms with Crippen molar-refractivity contribution in [2.75, 3.05) is 19.0 Å². The first-order valence-electron chi connectivity index (χ1n) is 6.88. The quantitative estimate of drug-likeness (QED) is 0.863. The van der Waals surface area contributed by atoms with Crippen LogP contribution in [0.15, 0.2) is 42.5 Å². The molecule has 1 unspecified atom stereocenters. The van der Waals surface area contributed by atoms with Gasteiger partial charge in [0.15, 0.2) is 5.78 Å². The summed E-state index contributed by atoms with van der Waals surface area (Å²) in [7, 11) is 1.55. The number of rotatable bonds is 4. The van der Waals surface area contributed by atoms with Crippen LogP contribution in [0.4, 0.5) is 5.69 Å². The van der Waals surface area contributed by atoms with Crippen molar-refractivity contribution in [3.8, 4) is 5.75 Å². The zero-order valence-corrected chi connectivity index (χ0v) is 12.5. The Hall–Kier alpha value is -2.00. The number of halogens is 1. The monoisotopic (exact) mass is 301 g/mol. The Balaban J connectivity index is 1.79. The third kappa shape index (κ3) is 2.74. The average Bonchev–Trinajstić information content (AvgIpc) is 2.91. The average molecular weight is 302 g/mol. The first-order valence-corrected chi connectivity index (χ1v) is 7.26. The van der Waals surface area contributed by atoms with Gasteiger partial charge in [-0.25, -0.2) is 0 Å². The van der Waals surface area contributed by atoms with Gasteiger partial charge in [-0.05, 0) is 29.8 Å². The molecule has 1 aliphatic heterocycles. The lowest BCUT2D eigenvalue weighted by molar-refractivity contribution is 0.0975. The molecule has 1 heterocycles. The minimum Gasteiger partial charge on any atom is -0.495 e. The van der Waals surface area contributed by atoms with Gasteiger partial charge < -0.3 is 10.1 Å². The van der Waals surface area contributed by atoms with Crippen LogP contribution in [-0.4, -0.2) is 19.4 Å². The van der Waals surface area contributed by atoms with Crippen LogP contribution >= 0.6 is 11.6 Å². The lowest BCUT2D eigenvalue weighted by Gasteiger charge is -2.10. The number of ether oxygens (including phenoxy) is 1. The summed E-state index contributed by atoms with van der Waals surface area (Å²) >= 11 is 5.99. The van der Waals surface area contributed by atoms with E-state index in [1.165, 1.54) is 5.56 Å². The number of para-hydroxylation sites is 1. The van der Waals surface area contributed by atoms with E-state index in [2.05, 4.69) is 11.4 Å². The van der Waals surface area contributed by atoms with E-state index in [-0.39, 0.29) is 11.7 Å². The number of hydrogen-bond donors (Lipinski definition) is 1. The predicted octanol–water partition coefficient (Wildman–Crippen LogP) is 4.13. The van der Waals surface area contributed by atoms with E-state index in [0.717, 1.165) is 12.2 Å². The highest BCUT2D eigenvalue weighted by atomic mass is 35.5. The maximum Gasteiger partial charge on any atom is 0.163 e. The molecule has 0 bridgehead atoms. The molecule has 0 fully saturated rings. The molecule has 4 heteroatoms. The summed E-state index contributed by atoms with van der Waals surface area (Å²) in [5.41, 5.74) is 2.98. The number of hydrogen-bond acceptors (Lipinski definition) is 3. The largest absolute Gasteiger partial charge is 0.495 e. The van der Waals surface area contributed by atoms with Crippen molar-refractivity contribution in [2.24, 2.45) is 0 Å². The fraction of sp³-hybridized carbons (Fsp3) is 0.235.